The topological polar surface area (TPSA) is 88.0 Å². The highest BCUT2D eigenvalue weighted by Crippen LogP contribution is 2.30. The van der Waals surface area contributed by atoms with Gasteiger partial charge in [0.15, 0.2) is 0 Å². The Hall–Kier alpha value is -3.52. The molecule has 2 aromatic heterocycles. The fraction of sp³-hybridized carbons (Fsp3) is 0.304. The number of carbonyl (C=O) groups excluding carboxylic acids is 1. The van der Waals surface area contributed by atoms with Crippen molar-refractivity contribution in [3.05, 3.63) is 54.4 Å². The van der Waals surface area contributed by atoms with Crippen LogP contribution in [0, 0.1) is 0 Å². The Morgan fingerprint density at radius 3 is 2.71 bits per heavy atom. The van der Waals surface area contributed by atoms with Gasteiger partial charge in [0.1, 0.15) is 5.52 Å². The minimum atomic E-state index is -0.213. The van der Waals surface area contributed by atoms with Gasteiger partial charge in [0.25, 0.3) is 5.91 Å². The van der Waals surface area contributed by atoms with Crippen LogP contribution >= 0.6 is 0 Å². The van der Waals surface area contributed by atoms with Gasteiger partial charge >= 0.3 is 0 Å². The summed E-state index contributed by atoms with van der Waals surface area (Å²) in [5, 5.41) is 21.1. The van der Waals surface area contributed by atoms with Crippen LogP contribution in [0.1, 0.15) is 24.2 Å². The van der Waals surface area contributed by atoms with Crippen molar-refractivity contribution in [2.24, 2.45) is 7.05 Å². The zero-order valence-corrected chi connectivity index (χ0v) is 17.8. The molecule has 0 saturated carbocycles. The van der Waals surface area contributed by atoms with Crippen LogP contribution in [0.15, 0.2) is 48.8 Å². The average Bonchev–Trinajstić information content (AvgIpc) is 3.14. The maximum atomic E-state index is 13.2. The second kappa shape index (κ2) is 7.63. The summed E-state index contributed by atoms with van der Waals surface area (Å²) in [6.45, 7) is 6.17. The highest BCUT2D eigenvalue weighted by Gasteiger charge is 2.24. The lowest BCUT2D eigenvalue weighted by Crippen LogP contribution is -2.54. The van der Waals surface area contributed by atoms with Gasteiger partial charge in [0.05, 0.1) is 29.2 Å². The number of hydrogen-bond acceptors (Lipinski definition) is 6. The molecule has 0 radical (unpaired) electrons. The first-order chi connectivity index (χ1) is 15.0. The van der Waals surface area contributed by atoms with Gasteiger partial charge in [-0.25, -0.2) is 0 Å². The maximum absolute atomic E-state index is 13.2. The average molecular weight is 416 g/mol. The summed E-state index contributed by atoms with van der Waals surface area (Å²) >= 11 is 0. The second-order valence-corrected chi connectivity index (χ2v) is 8.26. The molecule has 0 unspecified atom stereocenters. The summed E-state index contributed by atoms with van der Waals surface area (Å²) in [7, 11) is 1.88. The van der Waals surface area contributed by atoms with Crippen molar-refractivity contribution in [1.29, 1.82) is 0 Å². The van der Waals surface area contributed by atoms with Crippen LogP contribution in [0.2, 0.25) is 0 Å². The maximum Gasteiger partial charge on any atom is 0.257 e. The molecule has 5 rings (SSSR count). The van der Waals surface area contributed by atoms with Gasteiger partial charge < -0.3 is 15.5 Å². The van der Waals surface area contributed by atoms with Gasteiger partial charge in [-0.15, -0.1) is 5.10 Å². The molecule has 8 heteroatoms. The van der Waals surface area contributed by atoms with Crippen molar-refractivity contribution < 1.29 is 4.79 Å². The molecule has 31 heavy (non-hydrogen) atoms. The number of nitrogens with zero attached hydrogens (tertiary/aromatic N) is 5. The monoisotopic (exact) mass is 415 g/mol. The van der Waals surface area contributed by atoms with E-state index in [1.165, 1.54) is 0 Å². The molecular weight excluding hydrogens is 390 g/mol. The van der Waals surface area contributed by atoms with Crippen LogP contribution in [0.5, 0.6) is 0 Å². The Balaban J connectivity index is 1.52. The first-order valence-electron chi connectivity index (χ1n) is 10.5. The number of piperazine rings is 1. The summed E-state index contributed by atoms with van der Waals surface area (Å²) in [5.74, 6) is -0.213. The van der Waals surface area contributed by atoms with E-state index in [2.05, 4.69) is 44.7 Å². The van der Waals surface area contributed by atoms with E-state index in [1.807, 2.05) is 43.4 Å². The van der Waals surface area contributed by atoms with Crippen molar-refractivity contribution in [1.82, 2.24) is 25.3 Å². The van der Waals surface area contributed by atoms with Crippen LogP contribution in [0.25, 0.3) is 21.8 Å². The quantitative estimate of drug-likeness (QED) is 0.535. The number of carbonyl (C=O) groups is 1. The normalized spacial score (nSPS) is 19.1. The molecule has 4 aromatic rings. The number of nitrogens with one attached hydrogen (secondary N) is 2. The minimum absolute atomic E-state index is 0.213. The van der Waals surface area contributed by atoms with Gasteiger partial charge in [-0.3, -0.25) is 9.48 Å². The number of hydrogen-bond donors (Lipinski definition) is 2. The van der Waals surface area contributed by atoms with E-state index in [9.17, 15) is 4.79 Å². The highest BCUT2D eigenvalue weighted by atomic mass is 16.1. The summed E-state index contributed by atoms with van der Waals surface area (Å²) < 4.78 is 1.79. The fourth-order valence-electron chi connectivity index (χ4n) is 4.53. The predicted octanol–water partition coefficient (Wildman–Crippen LogP) is 2.96. The lowest BCUT2D eigenvalue weighted by atomic mass is 10.0. The van der Waals surface area contributed by atoms with Crippen LogP contribution in [0.3, 0.4) is 0 Å². The molecule has 2 N–H and O–H groups in total. The van der Waals surface area contributed by atoms with Crippen molar-refractivity contribution in [2.75, 3.05) is 23.3 Å². The molecule has 2 atom stereocenters. The standard InChI is InChI=1S/C23H25N7O/c1-14-12-30(13-15(2)26-14)21-8-7-17(22-16(21)9-10-24-28-22)23(31)27-19-5-4-6-20-18(19)11-25-29(20)3/h4-11,14-15,26H,12-13H2,1-3H3,(H,27,31)/t14-,15-/m0/s1. The third kappa shape index (κ3) is 3.48. The van der Waals surface area contributed by atoms with Gasteiger partial charge in [0.2, 0.25) is 0 Å². The third-order valence-electron chi connectivity index (χ3n) is 5.84. The van der Waals surface area contributed by atoms with Crippen LogP contribution in [0.4, 0.5) is 11.4 Å². The van der Waals surface area contributed by atoms with E-state index < -0.39 is 0 Å². The van der Waals surface area contributed by atoms with E-state index in [0.29, 0.717) is 23.2 Å². The SMILES string of the molecule is C[C@H]1CN(c2ccc(C(=O)Nc3cccc4c3cnn4C)c3nnccc23)C[C@H](C)N1. The molecule has 2 aromatic carbocycles. The number of anilines is 2. The van der Waals surface area contributed by atoms with E-state index >= 15 is 0 Å². The largest absolute Gasteiger partial charge is 0.368 e. The Morgan fingerprint density at radius 2 is 1.90 bits per heavy atom. The minimum Gasteiger partial charge on any atom is -0.368 e. The number of amides is 1. The molecule has 0 aliphatic carbocycles. The van der Waals surface area contributed by atoms with Crippen LogP contribution in [-0.2, 0) is 7.05 Å². The lowest BCUT2D eigenvalue weighted by molar-refractivity contribution is 0.102. The molecule has 0 spiro atoms. The molecular formula is C23H25N7O. The molecule has 1 saturated heterocycles. The summed E-state index contributed by atoms with van der Waals surface area (Å²) in [5.41, 5.74) is 3.87. The second-order valence-electron chi connectivity index (χ2n) is 8.26. The molecule has 1 aliphatic rings. The van der Waals surface area contributed by atoms with Crippen molar-refractivity contribution in [3.63, 3.8) is 0 Å². The first-order valence-corrected chi connectivity index (χ1v) is 10.5. The van der Waals surface area contributed by atoms with E-state index in [4.69, 9.17) is 0 Å². The summed E-state index contributed by atoms with van der Waals surface area (Å²) in [6, 6.07) is 12.3. The van der Waals surface area contributed by atoms with Gasteiger partial charge in [-0.1, -0.05) is 6.07 Å². The van der Waals surface area contributed by atoms with Gasteiger partial charge in [0, 0.05) is 48.7 Å². The van der Waals surface area contributed by atoms with E-state index in [1.54, 1.807) is 17.1 Å². The number of rotatable bonds is 3. The Kier molecular flexibility index (Phi) is 4.78. The van der Waals surface area contributed by atoms with Crippen LogP contribution < -0.4 is 15.5 Å². The third-order valence-corrected chi connectivity index (χ3v) is 5.84. The highest BCUT2D eigenvalue weighted by molar-refractivity contribution is 6.15. The molecule has 0 bridgehead atoms. The van der Waals surface area contributed by atoms with Gasteiger partial charge in [-0.05, 0) is 44.2 Å². The van der Waals surface area contributed by atoms with Crippen molar-refractivity contribution >= 4 is 39.1 Å². The zero-order valence-electron chi connectivity index (χ0n) is 17.8. The van der Waals surface area contributed by atoms with Gasteiger partial charge in [-0.2, -0.15) is 10.2 Å². The Morgan fingerprint density at radius 1 is 1.10 bits per heavy atom. The molecule has 1 fully saturated rings. The number of aromatic nitrogens is 4. The zero-order chi connectivity index (χ0) is 21.5. The smallest absolute Gasteiger partial charge is 0.257 e. The molecule has 3 heterocycles. The fourth-order valence-corrected chi connectivity index (χ4v) is 4.53. The molecule has 1 aliphatic heterocycles. The van der Waals surface area contributed by atoms with E-state index in [0.717, 1.165) is 40.8 Å². The number of aryl methyl sites for hydroxylation is 1. The van der Waals surface area contributed by atoms with E-state index in [-0.39, 0.29) is 5.91 Å². The first kappa shape index (κ1) is 19.4. The molecule has 158 valence electrons. The van der Waals surface area contributed by atoms with Crippen molar-refractivity contribution in [3.8, 4) is 0 Å². The lowest BCUT2D eigenvalue weighted by Gasteiger charge is -2.38. The Labute approximate surface area is 180 Å². The number of fused-ring (bicyclic) bond motifs is 2. The predicted molar refractivity (Wildman–Crippen MR) is 122 cm³/mol. The summed E-state index contributed by atoms with van der Waals surface area (Å²) in [4.78, 5) is 15.6. The van der Waals surface area contributed by atoms with Crippen molar-refractivity contribution in [2.45, 2.75) is 25.9 Å². The van der Waals surface area contributed by atoms with Crippen LogP contribution in [-0.4, -0.2) is 51.1 Å². The number of benzene rings is 2. The summed E-state index contributed by atoms with van der Waals surface area (Å²) in [6.07, 6.45) is 3.44. The Bertz CT molecular complexity index is 1270. The molecule has 1 amide bonds. The molecule has 8 nitrogen and oxygen atoms in total.